The van der Waals surface area contributed by atoms with Crippen LogP contribution >= 0.6 is 0 Å². The van der Waals surface area contributed by atoms with E-state index in [2.05, 4.69) is 34.1 Å². The molecule has 39 heavy (non-hydrogen) atoms. The van der Waals surface area contributed by atoms with E-state index in [0.29, 0.717) is 18.3 Å². The molecule has 0 aromatic carbocycles. The smallest absolute Gasteiger partial charge is 0.228 e. The molecule has 5 N–H and O–H groups in total. The molecule has 1 saturated carbocycles. The Hall–Kier alpha value is -1.88. The molecule has 0 aromatic heterocycles. The van der Waals surface area contributed by atoms with Crippen LogP contribution in [0.15, 0.2) is 16.6 Å². The summed E-state index contributed by atoms with van der Waals surface area (Å²) in [6.45, 7) is 9.23. The lowest BCUT2D eigenvalue weighted by Crippen LogP contribution is -2.64. The van der Waals surface area contributed by atoms with Gasteiger partial charge < -0.3 is 26.6 Å². The summed E-state index contributed by atoms with van der Waals surface area (Å²) in [6.07, 6.45) is 6.63. The first-order valence-electron chi connectivity index (χ1n) is 14.9. The minimum atomic E-state index is -1.25. The van der Waals surface area contributed by atoms with Crippen LogP contribution in [0.5, 0.6) is 0 Å². The Labute approximate surface area is 232 Å². The third-order valence-electron chi connectivity index (χ3n) is 10.6. The number of nitrogens with one attached hydrogen (secondary N) is 1. The molecule has 5 heterocycles. The number of alkyl halides is 1. The van der Waals surface area contributed by atoms with Crippen LogP contribution in [0.3, 0.4) is 0 Å². The highest BCUT2D eigenvalue weighted by Crippen LogP contribution is 2.45. The number of allylic oxidation sites excluding steroid dienone is 2. The van der Waals surface area contributed by atoms with Gasteiger partial charge >= 0.3 is 0 Å². The molecule has 4 fully saturated rings. The first kappa shape index (κ1) is 28.6. The summed E-state index contributed by atoms with van der Waals surface area (Å²) in [5, 5.41) is 3.34. The molecular formula is C29H48FN7O2. The quantitative estimate of drug-likeness (QED) is 0.352. The molecule has 1 aliphatic carbocycles. The SMILES string of the molecule is CC(=O)N1CCC2(CCN(C3CCN(C)CC3NC(=O)C(C(N)N)C3CC4C/C(=C/C(F)C=N3)C4C)CC2)C1. The molecule has 10 heteroatoms. The van der Waals surface area contributed by atoms with E-state index >= 15 is 0 Å². The standard InChI is InChI=1S/C29H48FN7O2/c1-18-20-12-21(18)14-23(33-15-22(30)13-20)26(27(31)32)28(39)34-24-16-35(3)8-4-25(24)36-9-5-29(6-10-36)7-11-37(17-29)19(2)38/h13,15,18,21-27H,4-12,14,16-17,31-32H2,1-3H3,(H,34,39)/b20-13-,33-15?. The lowest BCUT2D eigenvalue weighted by molar-refractivity contribution is -0.128. The zero-order valence-electron chi connectivity index (χ0n) is 23.9. The molecule has 218 valence electrons. The van der Waals surface area contributed by atoms with E-state index < -0.39 is 24.3 Å². The first-order chi connectivity index (χ1) is 18.5. The summed E-state index contributed by atoms with van der Waals surface area (Å²) < 4.78 is 14.5. The minimum absolute atomic E-state index is 0.0472. The Balaban J connectivity index is 1.26. The second kappa shape index (κ2) is 11.5. The Morgan fingerprint density at radius 1 is 1.18 bits per heavy atom. The normalized spacial score (nSPS) is 37.4. The second-order valence-electron chi connectivity index (χ2n) is 13.1. The van der Waals surface area contributed by atoms with Gasteiger partial charge in [0.15, 0.2) is 6.17 Å². The Bertz CT molecular complexity index is 979. The van der Waals surface area contributed by atoms with Crippen LogP contribution in [0, 0.1) is 23.2 Å². The van der Waals surface area contributed by atoms with E-state index in [9.17, 15) is 14.0 Å². The van der Waals surface area contributed by atoms with Gasteiger partial charge in [0, 0.05) is 38.8 Å². The van der Waals surface area contributed by atoms with Crippen LogP contribution in [-0.2, 0) is 9.59 Å². The molecule has 6 rings (SSSR count). The van der Waals surface area contributed by atoms with Gasteiger partial charge in [0.05, 0.1) is 24.2 Å². The van der Waals surface area contributed by atoms with Gasteiger partial charge in [-0.2, -0.15) is 0 Å². The van der Waals surface area contributed by atoms with E-state index in [1.807, 2.05) is 4.90 Å². The highest BCUT2D eigenvalue weighted by Gasteiger charge is 2.45. The number of piperidine rings is 2. The van der Waals surface area contributed by atoms with E-state index in [1.165, 1.54) is 6.21 Å². The highest BCUT2D eigenvalue weighted by molar-refractivity contribution is 5.81. The van der Waals surface area contributed by atoms with Gasteiger partial charge in [0.1, 0.15) is 0 Å². The van der Waals surface area contributed by atoms with Gasteiger partial charge in [0.25, 0.3) is 0 Å². The third-order valence-corrected chi connectivity index (χ3v) is 10.6. The molecule has 2 bridgehead atoms. The lowest BCUT2D eigenvalue weighted by atomic mass is 9.66. The molecule has 7 unspecified atom stereocenters. The summed E-state index contributed by atoms with van der Waals surface area (Å²) >= 11 is 0. The minimum Gasteiger partial charge on any atom is -0.350 e. The molecule has 2 amide bonds. The second-order valence-corrected chi connectivity index (χ2v) is 13.1. The molecule has 1 spiro atoms. The van der Waals surface area contributed by atoms with Crippen LogP contribution < -0.4 is 16.8 Å². The molecule has 3 saturated heterocycles. The molecule has 6 aliphatic rings. The maximum absolute atomic E-state index is 14.5. The molecule has 0 aromatic rings. The van der Waals surface area contributed by atoms with Gasteiger partial charge in [0.2, 0.25) is 11.8 Å². The van der Waals surface area contributed by atoms with Crippen molar-refractivity contribution in [3.8, 4) is 0 Å². The van der Waals surface area contributed by atoms with Crippen LogP contribution in [0.2, 0.25) is 0 Å². The predicted octanol–water partition coefficient (Wildman–Crippen LogP) is 1.13. The average molecular weight is 546 g/mol. The van der Waals surface area contributed by atoms with Crippen LogP contribution in [0.1, 0.15) is 52.4 Å². The summed E-state index contributed by atoms with van der Waals surface area (Å²) in [6, 6.07) is -0.251. The Morgan fingerprint density at radius 3 is 2.54 bits per heavy atom. The molecule has 0 radical (unpaired) electrons. The van der Waals surface area contributed by atoms with Crippen molar-refractivity contribution in [2.75, 3.05) is 46.3 Å². The van der Waals surface area contributed by atoms with Crippen molar-refractivity contribution < 1.29 is 14.0 Å². The fraction of sp³-hybridized carbons (Fsp3) is 0.828. The fourth-order valence-electron chi connectivity index (χ4n) is 7.87. The zero-order valence-corrected chi connectivity index (χ0v) is 23.9. The van der Waals surface area contributed by atoms with Crippen LogP contribution in [0.25, 0.3) is 0 Å². The number of carbonyl (C=O) groups is 2. The van der Waals surface area contributed by atoms with E-state index in [-0.39, 0.29) is 29.3 Å². The van der Waals surface area contributed by atoms with Gasteiger partial charge in [-0.3, -0.25) is 19.5 Å². The van der Waals surface area contributed by atoms with Crippen molar-refractivity contribution in [1.29, 1.82) is 0 Å². The molecule has 5 aliphatic heterocycles. The van der Waals surface area contributed by atoms with E-state index in [1.54, 1.807) is 13.0 Å². The van der Waals surface area contributed by atoms with E-state index in [4.69, 9.17) is 11.5 Å². The van der Waals surface area contributed by atoms with Crippen molar-refractivity contribution in [2.24, 2.45) is 39.6 Å². The summed E-state index contributed by atoms with van der Waals surface area (Å²) in [5.74, 6) is -0.0485. The largest absolute Gasteiger partial charge is 0.350 e. The maximum Gasteiger partial charge on any atom is 0.228 e. The number of halogens is 1. The van der Waals surface area contributed by atoms with Crippen molar-refractivity contribution in [3.63, 3.8) is 0 Å². The number of hydrogen-bond acceptors (Lipinski definition) is 7. The lowest BCUT2D eigenvalue weighted by Gasteiger charge is -2.48. The highest BCUT2D eigenvalue weighted by atomic mass is 19.1. The number of nitrogens with two attached hydrogens (primary N) is 2. The zero-order chi connectivity index (χ0) is 27.9. The number of amides is 2. The topological polar surface area (TPSA) is 120 Å². The van der Waals surface area contributed by atoms with Crippen LogP contribution in [-0.4, -0.2) is 110 Å². The van der Waals surface area contributed by atoms with Gasteiger partial charge in [-0.1, -0.05) is 12.5 Å². The van der Waals surface area contributed by atoms with Crippen molar-refractivity contribution in [2.45, 2.75) is 82.8 Å². The summed E-state index contributed by atoms with van der Waals surface area (Å²) in [7, 11) is 2.09. The Morgan fingerprint density at radius 2 is 1.90 bits per heavy atom. The number of aliphatic imine (C=N–C) groups is 1. The first-order valence-corrected chi connectivity index (χ1v) is 14.9. The number of hydrogen-bond donors (Lipinski definition) is 3. The number of nitrogens with zero attached hydrogens (tertiary/aromatic N) is 4. The maximum atomic E-state index is 14.5. The summed E-state index contributed by atoms with van der Waals surface area (Å²) in [4.78, 5) is 37.1. The average Bonchev–Trinajstić information content (AvgIpc) is 3.34. The van der Waals surface area contributed by atoms with Gasteiger partial charge in [-0.05, 0) is 88.5 Å². The van der Waals surface area contributed by atoms with Crippen molar-refractivity contribution in [1.82, 2.24) is 20.0 Å². The Kier molecular flexibility index (Phi) is 8.48. The van der Waals surface area contributed by atoms with E-state index in [0.717, 1.165) is 76.9 Å². The van der Waals surface area contributed by atoms with Crippen molar-refractivity contribution in [3.05, 3.63) is 11.6 Å². The van der Waals surface area contributed by atoms with Gasteiger partial charge in [-0.15, -0.1) is 0 Å². The number of fused-ring (bicyclic) bond motifs is 4. The molecule has 7 atom stereocenters. The summed E-state index contributed by atoms with van der Waals surface area (Å²) in [5.41, 5.74) is 13.8. The fourth-order valence-corrected chi connectivity index (χ4v) is 7.87. The van der Waals surface area contributed by atoms with Crippen LogP contribution in [0.4, 0.5) is 4.39 Å². The number of likely N-dealkylation sites (N-methyl/N-ethyl adjacent to an activating group) is 1. The molecular weight excluding hydrogens is 497 g/mol. The third kappa shape index (κ3) is 6.09. The monoisotopic (exact) mass is 545 g/mol. The number of likely N-dealkylation sites (tertiary alicyclic amines) is 3. The number of rotatable bonds is 5. The number of carbonyl (C=O) groups excluding carboxylic acids is 2. The predicted molar refractivity (Wildman–Crippen MR) is 151 cm³/mol. The molecule has 9 nitrogen and oxygen atoms in total. The van der Waals surface area contributed by atoms with Crippen molar-refractivity contribution >= 4 is 18.0 Å². The van der Waals surface area contributed by atoms with Gasteiger partial charge in [-0.25, -0.2) is 4.39 Å².